The van der Waals surface area contributed by atoms with Gasteiger partial charge < -0.3 is 10.2 Å². The number of sulfonamides is 1. The van der Waals surface area contributed by atoms with Crippen LogP contribution in [0.5, 0.6) is 0 Å². The highest BCUT2D eigenvalue weighted by Crippen LogP contribution is 2.28. The lowest BCUT2D eigenvalue weighted by Crippen LogP contribution is -2.48. The van der Waals surface area contributed by atoms with Gasteiger partial charge in [-0.25, -0.2) is 8.42 Å². The third-order valence-corrected chi connectivity index (χ3v) is 6.76. The van der Waals surface area contributed by atoms with E-state index in [0.29, 0.717) is 37.4 Å². The maximum absolute atomic E-state index is 12.9. The first-order valence-corrected chi connectivity index (χ1v) is 12.0. The second-order valence-corrected chi connectivity index (χ2v) is 9.55. The average molecular weight is 436 g/mol. The highest BCUT2D eigenvalue weighted by molar-refractivity contribution is 7.88. The van der Waals surface area contributed by atoms with Crippen molar-refractivity contribution in [3.05, 3.63) is 84.4 Å². The second-order valence-electron chi connectivity index (χ2n) is 7.56. The summed E-state index contributed by atoms with van der Waals surface area (Å²) in [7, 11) is -3.18. The summed E-state index contributed by atoms with van der Waals surface area (Å²) < 4.78 is 25.0. The molecule has 1 N–H and O–H groups in total. The monoisotopic (exact) mass is 435 g/mol. The van der Waals surface area contributed by atoms with E-state index in [1.807, 2.05) is 78.9 Å². The summed E-state index contributed by atoms with van der Waals surface area (Å²) >= 11 is 0. The van der Waals surface area contributed by atoms with Crippen molar-refractivity contribution in [2.75, 3.05) is 42.7 Å². The molecule has 0 saturated carbocycles. The number of piperazine rings is 1. The number of carbonyl (C=O) groups is 1. The van der Waals surface area contributed by atoms with Crippen LogP contribution in [0.1, 0.15) is 10.4 Å². The van der Waals surface area contributed by atoms with Gasteiger partial charge >= 0.3 is 0 Å². The van der Waals surface area contributed by atoms with Gasteiger partial charge in [-0.05, 0) is 35.4 Å². The van der Waals surface area contributed by atoms with Crippen molar-refractivity contribution in [1.29, 1.82) is 0 Å². The van der Waals surface area contributed by atoms with Gasteiger partial charge in [-0.1, -0.05) is 54.6 Å². The first-order chi connectivity index (χ1) is 14.9. The van der Waals surface area contributed by atoms with E-state index in [0.717, 1.165) is 16.8 Å². The SMILES string of the molecule is CS(=O)(=O)N1CCN(c2ccccc2NC(=O)c2ccc(-c3ccccc3)cc2)CC1. The predicted molar refractivity (Wildman–Crippen MR) is 125 cm³/mol. The molecule has 1 aliphatic rings. The van der Waals surface area contributed by atoms with Crippen molar-refractivity contribution in [2.45, 2.75) is 0 Å². The van der Waals surface area contributed by atoms with Crippen LogP contribution in [0.25, 0.3) is 11.1 Å². The van der Waals surface area contributed by atoms with Crippen molar-refractivity contribution in [3.8, 4) is 11.1 Å². The maximum Gasteiger partial charge on any atom is 0.255 e. The van der Waals surface area contributed by atoms with E-state index in [9.17, 15) is 13.2 Å². The molecule has 31 heavy (non-hydrogen) atoms. The summed E-state index contributed by atoms with van der Waals surface area (Å²) in [5.74, 6) is -0.179. The largest absolute Gasteiger partial charge is 0.367 e. The third kappa shape index (κ3) is 4.95. The number of benzene rings is 3. The molecular formula is C24H25N3O3S. The highest BCUT2D eigenvalue weighted by atomic mass is 32.2. The summed E-state index contributed by atoms with van der Waals surface area (Å²) in [6, 6.07) is 25.2. The van der Waals surface area contributed by atoms with Crippen LogP contribution in [0.3, 0.4) is 0 Å². The van der Waals surface area contributed by atoms with Gasteiger partial charge in [0.15, 0.2) is 0 Å². The van der Waals surface area contributed by atoms with Gasteiger partial charge in [-0.3, -0.25) is 4.79 Å². The molecule has 0 spiro atoms. The molecule has 0 aromatic heterocycles. The fourth-order valence-electron chi connectivity index (χ4n) is 3.75. The first kappa shape index (κ1) is 21.1. The lowest BCUT2D eigenvalue weighted by atomic mass is 10.0. The summed E-state index contributed by atoms with van der Waals surface area (Å²) in [6.07, 6.45) is 1.24. The summed E-state index contributed by atoms with van der Waals surface area (Å²) in [6.45, 7) is 2.02. The summed E-state index contributed by atoms with van der Waals surface area (Å²) in [4.78, 5) is 15.0. The average Bonchev–Trinajstić information content (AvgIpc) is 2.80. The van der Waals surface area contributed by atoms with Gasteiger partial charge in [0.05, 0.1) is 17.6 Å². The molecule has 3 aromatic carbocycles. The zero-order chi connectivity index (χ0) is 21.8. The number of anilines is 2. The van der Waals surface area contributed by atoms with Crippen molar-refractivity contribution >= 4 is 27.3 Å². The molecule has 4 rings (SSSR count). The summed E-state index contributed by atoms with van der Waals surface area (Å²) in [5.41, 5.74) is 4.35. The Bertz CT molecular complexity index is 1150. The number of hydrogen-bond acceptors (Lipinski definition) is 4. The molecule has 1 heterocycles. The van der Waals surface area contributed by atoms with Crippen LogP contribution in [0.4, 0.5) is 11.4 Å². The van der Waals surface area contributed by atoms with Crippen molar-refractivity contribution in [3.63, 3.8) is 0 Å². The van der Waals surface area contributed by atoms with Crippen LogP contribution in [0.15, 0.2) is 78.9 Å². The van der Waals surface area contributed by atoms with Crippen LogP contribution < -0.4 is 10.2 Å². The molecule has 6 nitrogen and oxygen atoms in total. The molecule has 1 saturated heterocycles. The van der Waals surface area contributed by atoms with E-state index in [2.05, 4.69) is 10.2 Å². The smallest absolute Gasteiger partial charge is 0.255 e. The predicted octanol–water partition coefficient (Wildman–Crippen LogP) is 3.69. The van der Waals surface area contributed by atoms with Gasteiger partial charge in [0.1, 0.15) is 0 Å². The Morgan fingerprint density at radius 3 is 2.00 bits per heavy atom. The van der Waals surface area contributed by atoms with Crippen LogP contribution >= 0.6 is 0 Å². The van der Waals surface area contributed by atoms with E-state index < -0.39 is 10.0 Å². The Balaban J connectivity index is 1.47. The van der Waals surface area contributed by atoms with Crippen molar-refractivity contribution in [2.24, 2.45) is 0 Å². The minimum atomic E-state index is -3.18. The number of carbonyl (C=O) groups excluding carboxylic acids is 1. The normalized spacial score (nSPS) is 14.9. The highest BCUT2D eigenvalue weighted by Gasteiger charge is 2.24. The third-order valence-electron chi connectivity index (χ3n) is 5.45. The van der Waals surface area contributed by atoms with Gasteiger partial charge in [0.25, 0.3) is 5.91 Å². The van der Waals surface area contributed by atoms with Gasteiger partial charge in [-0.2, -0.15) is 4.31 Å². The number of rotatable bonds is 5. The van der Waals surface area contributed by atoms with Gasteiger partial charge in [0.2, 0.25) is 10.0 Å². The Hall–Kier alpha value is -3.16. The fraction of sp³-hybridized carbons (Fsp3) is 0.208. The fourth-order valence-corrected chi connectivity index (χ4v) is 4.58. The molecule has 0 aliphatic carbocycles. The molecule has 3 aromatic rings. The zero-order valence-corrected chi connectivity index (χ0v) is 18.2. The molecular weight excluding hydrogens is 410 g/mol. The van der Waals surface area contributed by atoms with E-state index in [4.69, 9.17) is 0 Å². The van der Waals surface area contributed by atoms with Crippen molar-refractivity contribution < 1.29 is 13.2 Å². The quantitative estimate of drug-likeness (QED) is 0.664. The molecule has 1 amide bonds. The molecule has 1 aliphatic heterocycles. The molecule has 0 unspecified atom stereocenters. The first-order valence-electron chi connectivity index (χ1n) is 10.2. The molecule has 0 atom stereocenters. The molecule has 160 valence electrons. The standard InChI is InChI=1S/C24H25N3O3S/c1-31(29,30)27-17-15-26(16-18-27)23-10-6-5-9-22(23)25-24(28)21-13-11-20(12-14-21)19-7-3-2-4-8-19/h2-14H,15-18H2,1H3,(H,25,28). The number of para-hydroxylation sites is 2. The molecule has 7 heteroatoms. The van der Waals surface area contributed by atoms with Crippen molar-refractivity contribution in [1.82, 2.24) is 4.31 Å². The Labute approximate surface area is 183 Å². The molecule has 0 radical (unpaired) electrons. The van der Waals surface area contributed by atoms with E-state index in [1.165, 1.54) is 10.6 Å². The second kappa shape index (κ2) is 8.91. The van der Waals surface area contributed by atoms with Crippen LogP contribution in [0, 0.1) is 0 Å². The van der Waals surface area contributed by atoms with Crippen LogP contribution in [-0.2, 0) is 10.0 Å². The number of hydrogen-bond donors (Lipinski definition) is 1. The zero-order valence-electron chi connectivity index (χ0n) is 17.4. The Kier molecular flexibility index (Phi) is 6.06. The van der Waals surface area contributed by atoms with E-state index in [1.54, 1.807) is 0 Å². The number of nitrogens with one attached hydrogen (secondary N) is 1. The van der Waals surface area contributed by atoms with Gasteiger partial charge in [0, 0.05) is 31.7 Å². The van der Waals surface area contributed by atoms with E-state index >= 15 is 0 Å². The summed E-state index contributed by atoms with van der Waals surface area (Å²) in [5, 5.41) is 3.01. The number of nitrogens with zero attached hydrogens (tertiary/aromatic N) is 2. The molecule has 0 bridgehead atoms. The topological polar surface area (TPSA) is 69.7 Å². The lowest BCUT2D eigenvalue weighted by Gasteiger charge is -2.35. The van der Waals surface area contributed by atoms with E-state index in [-0.39, 0.29) is 5.91 Å². The van der Waals surface area contributed by atoms with Crippen LogP contribution in [-0.4, -0.2) is 51.1 Å². The van der Waals surface area contributed by atoms with Crippen LogP contribution in [0.2, 0.25) is 0 Å². The molecule has 1 fully saturated rings. The van der Waals surface area contributed by atoms with Gasteiger partial charge in [-0.15, -0.1) is 0 Å². The minimum absolute atomic E-state index is 0.179. The lowest BCUT2D eigenvalue weighted by molar-refractivity contribution is 0.102. The maximum atomic E-state index is 12.9. The Morgan fingerprint density at radius 2 is 1.35 bits per heavy atom. The Morgan fingerprint density at radius 1 is 0.774 bits per heavy atom. The minimum Gasteiger partial charge on any atom is -0.367 e. The number of amides is 1.